The largest absolute Gasteiger partial charge is 0.497 e. The van der Waals surface area contributed by atoms with Gasteiger partial charge in [0.05, 0.1) is 19.8 Å². The Bertz CT molecular complexity index is 744. The number of benzene rings is 1. The molecule has 0 aliphatic carbocycles. The van der Waals surface area contributed by atoms with Gasteiger partial charge in [0.2, 0.25) is 5.82 Å². The minimum absolute atomic E-state index is 0.228. The molecular weight excluding hydrogens is 282 g/mol. The van der Waals surface area contributed by atoms with Crippen LogP contribution in [0.2, 0.25) is 0 Å². The highest BCUT2D eigenvalue weighted by Crippen LogP contribution is 2.21. The fourth-order valence-electron chi connectivity index (χ4n) is 2.12. The summed E-state index contributed by atoms with van der Waals surface area (Å²) >= 11 is 0. The van der Waals surface area contributed by atoms with E-state index in [-0.39, 0.29) is 6.54 Å². The minimum Gasteiger partial charge on any atom is -0.497 e. The zero-order chi connectivity index (χ0) is 15.4. The molecule has 0 saturated carbocycles. The van der Waals surface area contributed by atoms with Gasteiger partial charge in [-0.25, -0.2) is 4.68 Å². The molecule has 7 nitrogen and oxygen atoms in total. The highest BCUT2D eigenvalue weighted by atomic mass is 16.5. The van der Waals surface area contributed by atoms with Gasteiger partial charge >= 0.3 is 0 Å². The summed E-state index contributed by atoms with van der Waals surface area (Å²) < 4.78 is 6.70. The summed E-state index contributed by atoms with van der Waals surface area (Å²) in [5.41, 5.74) is 1.40. The fourth-order valence-corrected chi connectivity index (χ4v) is 2.12. The van der Waals surface area contributed by atoms with E-state index in [2.05, 4.69) is 20.5 Å². The van der Waals surface area contributed by atoms with E-state index in [9.17, 15) is 5.11 Å². The monoisotopic (exact) mass is 297 g/mol. The van der Waals surface area contributed by atoms with Crippen LogP contribution >= 0.6 is 0 Å². The van der Waals surface area contributed by atoms with Crippen LogP contribution in [0.15, 0.2) is 48.7 Å². The number of hydrogen-bond acceptors (Lipinski definition) is 6. The smallest absolute Gasteiger partial charge is 0.200 e. The highest BCUT2D eigenvalue weighted by molar-refractivity contribution is 5.47. The lowest BCUT2D eigenvalue weighted by molar-refractivity contribution is 0.151. The van der Waals surface area contributed by atoms with Crippen molar-refractivity contribution < 1.29 is 9.84 Å². The quantitative estimate of drug-likeness (QED) is 0.767. The molecule has 22 heavy (non-hydrogen) atoms. The maximum atomic E-state index is 10.4. The molecule has 112 valence electrons. The second kappa shape index (κ2) is 6.31. The van der Waals surface area contributed by atoms with Crippen LogP contribution in [-0.4, -0.2) is 37.4 Å². The lowest BCUT2D eigenvalue weighted by atomic mass is 10.1. The van der Waals surface area contributed by atoms with Gasteiger partial charge in [-0.15, -0.1) is 5.10 Å². The number of pyridine rings is 1. The van der Waals surface area contributed by atoms with Crippen LogP contribution in [0.25, 0.3) is 11.5 Å². The van der Waals surface area contributed by atoms with Crippen LogP contribution in [0.5, 0.6) is 5.75 Å². The van der Waals surface area contributed by atoms with Gasteiger partial charge in [0, 0.05) is 6.20 Å². The van der Waals surface area contributed by atoms with Crippen LogP contribution in [0.1, 0.15) is 11.7 Å². The summed E-state index contributed by atoms with van der Waals surface area (Å²) in [5, 5.41) is 22.0. The predicted molar refractivity (Wildman–Crippen MR) is 79.0 cm³/mol. The van der Waals surface area contributed by atoms with Crippen molar-refractivity contribution in [2.45, 2.75) is 12.6 Å². The van der Waals surface area contributed by atoms with E-state index >= 15 is 0 Å². The summed E-state index contributed by atoms with van der Waals surface area (Å²) in [5.74, 6) is 1.21. The SMILES string of the molecule is COc1cccc([C@H](O)Cn2nnnc2-c2ccccn2)c1. The van der Waals surface area contributed by atoms with E-state index in [4.69, 9.17) is 4.74 Å². The summed E-state index contributed by atoms with van der Waals surface area (Å²) in [7, 11) is 1.59. The summed E-state index contributed by atoms with van der Waals surface area (Å²) in [6.45, 7) is 0.228. The van der Waals surface area contributed by atoms with Gasteiger partial charge in [0.15, 0.2) is 0 Å². The van der Waals surface area contributed by atoms with Crippen molar-refractivity contribution in [3.63, 3.8) is 0 Å². The maximum absolute atomic E-state index is 10.4. The number of aliphatic hydroxyl groups excluding tert-OH is 1. The third-order valence-electron chi connectivity index (χ3n) is 3.25. The summed E-state index contributed by atoms with van der Waals surface area (Å²) in [6, 6.07) is 12.8. The topological polar surface area (TPSA) is 86.0 Å². The molecule has 0 unspecified atom stereocenters. The van der Waals surface area contributed by atoms with Gasteiger partial charge in [0.1, 0.15) is 11.4 Å². The summed E-state index contributed by atoms with van der Waals surface area (Å²) in [6.07, 6.45) is 0.924. The van der Waals surface area contributed by atoms with Crippen molar-refractivity contribution in [2.24, 2.45) is 0 Å². The Morgan fingerprint density at radius 3 is 2.91 bits per heavy atom. The van der Waals surface area contributed by atoms with Gasteiger partial charge in [-0.1, -0.05) is 18.2 Å². The van der Waals surface area contributed by atoms with Crippen molar-refractivity contribution in [1.82, 2.24) is 25.2 Å². The Balaban J connectivity index is 1.83. The molecule has 7 heteroatoms. The van der Waals surface area contributed by atoms with E-state index in [1.54, 1.807) is 19.4 Å². The molecular formula is C15H15N5O2. The van der Waals surface area contributed by atoms with Crippen LogP contribution in [-0.2, 0) is 6.54 Å². The van der Waals surface area contributed by atoms with Crippen molar-refractivity contribution in [1.29, 1.82) is 0 Å². The molecule has 0 saturated heterocycles. The Morgan fingerprint density at radius 2 is 2.14 bits per heavy atom. The first-order chi connectivity index (χ1) is 10.8. The van der Waals surface area contributed by atoms with E-state index in [0.29, 0.717) is 17.3 Å². The van der Waals surface area contributed by atoms with Crippen LogP contribution in [0.3, 0.4) is 0 Å². The summed E-state index contributed by atoms with van der Waals surface area (Å²) in [4.78, 5) is 4.22. The molecule has 2 aromatic heterocycles. The van der Waals surface area contributed by atoms with E-state index in [1.165, 1.54) is 4.68 Å². The first-order valence-electron chi connectivity index (χ1n) is 6.77. The average Bonchev–Trinajstić information content (AvgIpc) is 3.04. The fraction of sp³-hybridized carbons (Fsp3) is 0.200. The zero-order valence-corrected chi connectivity index (χ0v) is 12.0. The number of aliphatic hydroxyl groups is 1. The molecule has 0 aliphatic heterocycles. The number of ether oxygens (including phenoxy) is 1. The predicted octanol–water partition coefficient (Wildman–Crippen LogP) is 1.48. The third kappa shape index (κ3) is 2.94. The molecule has 0 spiro atoms. The first kappa shape index (κ1) is 14.2. The number of hydrogen-bond donors (Lipinski definition) is 1. The van der Waals surface area contributed by atoms with Gasteiger partial charge in [-0.2, -0.15) is 0 Å². The van der Waals surface area contributed by atoms with Crippen LogP contribution < -0.4 is 4.74 Å². The molecule has 3 aromatic rings. The number of nitrogens with zero attached hydrogens (tertiary/aromatic N) is 5. The van der Waals surface area contributed by atoms with E-state index in [0.717, 1.165) is 5.56 Å². The van der Waals surface area contributed by atoms with Crippen molar-refractivity contribution in [3.8, 4) is 17.3 Å². The molecule has 0 aliphatic rings. The zero-order valence-electron chi connectivity index (χ0n) is 12.0. The molecule has 0 amide bonds. The van der Waals surface area contributed by atoms with E-state index in [1.807, 2.05) is 36.4 Å². The molecule has 1 aromatic carbocycles. The number of methoxy groups -OCH3 is 1. The minimum atomic E-state index is -0.749. The van der Waals surface area contributed by atoms with E-state index < -0.39 is 6.10 Å². The highest BCUT2D eigenvalue weighted by Gasteiger charge is 2.15. The lowest BCUT2D eigenvalue weighted by Gasteiger charge is -2.12. The Labute approximate surface area is 127 Å². The van der Waals surface area contributed by atoms with Gasteiger partial charge in [-0.05, 0) is 40.3 Å². The average molecular weight is 297 g/mol. The standard InChI is InChI=1S/C15H15N5O2/c1-22-12-6-4-5-11(9-12)14(21)10-20-15(17-18-19-20)13-7-2-3-8-16-13/h2-9,14,21H,10H2,1H3/t14-/m1/s1. The number of tetrazole rings is 1. The van der Waals surface area contributed by atoms with Crippen LogP contribution in [0.4, 0.5) is 0 Å². The number of rotatable bonds is 5. The Hall–Kier alpha value is -2.80. The molecule has 2 heterocycles. The number of aromatic nitrogens is 5. The Kier molecular flexibility index (Phi) is 4.06. The van der Waals surface area contributed by atoms with Gasteiger partial charge in [-0.3, -0.25) is 4.98 Å². The second-order valence-electron chi connectivity index (χ2n) is 4.69. The normalized spacial score (nSPS) is 12.1. The molecule has 0 radical (unpaired) electrons. The molecule has 1 atom stereocenters. The molecule has 0 bridgehead atoms. The second-order valence-corrected chi connectivity index (χ2v) is 4.69. The van der Waals surface area contributed by atoms with Gasteiger partial charge in [0.25, 0.3) is 0 Å². The first-order valence-corrected chi connectivity index (χ1v) is 6.77. The lowest BCUT2D eigenvalue weighted by Crippen LogP contribution is -2.12. The Morgan fingerprint density at radius 1 is 1.23 bits per heavy atom. The van der Waals surface area contributed by atoms with Crippen molar-refractivity contribution in [2.75, 3.05) is 7.11 Å². The molecule has 1 N–H and O–H groups in total. The van der Waals surface area contributed by atoms with Gasteiger partial charge < -0.3 is 9.84 Å². The van der Waals surface area contributed by atoms with Crippen molar-refractivity contribution >= 4 is 0 Å². The van der Waals surface area contributed by atoms with Crippen molar-refractivity contribution in [3.05, 3.63) is 54.2 Å². The molecule has 0 fully saturated rings. The third-order valence-corrected chi connectivity index (χ3v) is 3.25. The maximum Gasteiger partial charge on any atom is 0.200 e. The molecule has 3 rings (SSSR count). The van der Waals surface area contributed by atoms with Crippen LogP contribution in [0, 0.1) is 0 Å².